The zero-order chi connectivity index (χ0) is 23.2. The Morgan fingerprint density at radius 3 is 2.52 bits per heavy atom. The summed E-state index contributed by atoms with van der Waals surface area (Å²) in [5, 5.41) is 14.8. The number of carbonyl (C=O) groups excluding carboxylic acids is 1. The summed E-state index contributed by atoms with van der Waals surface area (Å²) in [7, 11) is 0. The number of thioether (sulfide) groups is 1. The molecule has 3 aromatic heterocycles. The van der Waals surface area contributed by atoms with Crippen LogP contribution in [0.1, 0.15) is 42.8 Å². The zero-order valence-electron chi connectivity index (χ0n) is 19.0. The van der Waals surface area contributed by atoms with Crippen LogP contribution >= 0.6 is 23.1 Å². The van der Waals surface area contributed by atoms with Crippen LogP contribution in [0.5, 0.6) is 0 Å². The molecule has 170 valence electrons. The fraction of sp³-hybridized carbons (Fsp3) is 0.280. The number of hydrogen-bond acceptors (Lipinski definition) is 6. The summed E-state index contributed by atoms with van der Waals surface area (Å²) in [6.45, 7) is 6.31. The number of amides is 1. The molecule has 0 aliphatic rings. The van der Waals surface area contributed by atoms with E-state index in [0.29, 0.717) is 5.16 Å². The van der Waals surface area contributed by atoms with Gasteiger partial charge in [-0.15, -0.1) is 21.5 Å². The number of benzene rings is 1. The van der Waals surface area contributed by atoms with E-state index in [1.807, 2.05) is 36.6 Å². The van der Waals surface area contributed by atoms with Gasteiger partial charge in [0.15, 0.2) is 11.0 Å². The Morgan fingerprint density at radius 2 is 1.88 bits per heavy atom. The second kappa shape index (κ2) is 10.8. The van der Waals surface area contributed by atoms with Crippen molar-refractivity contribution in [1.82, 2.24) is 25.1 Å². The molecule has 33 heavy (non-hydrogen) atoms. The molecule has 3 heterocycles. The van der Waals surface area contributed by atoms with Crippen LogP contribution < -0.4 is 5.32 Å². The van der Waals surface area contributed by atoms with Gasteiger partial charge in [-0.3, -0.25) is 14.3 Å². The summed E-state index contributed by atoms with van der Waals surface area (Å²) < 4.78 is 2.09. The number of nitrogens with zero attached hydrogens (tertiary/aromatic N) is 4. The minimum Gasteiger partial charge on any atom is -0.348 e. The fourth-order valence-electron chi connectivity index (χ4n) is 3.77. The molecule has 0 fully saturated rings. The maximum atomic E-state index is 12.7. The van der Waals surface area contributed by atoms with Gasteiger partial charge in [-0.2, -0.15) is 0 Å². The molecule has 8 heteroatoms. The Balaban J connectivity index is 1.67. The topological polar surface area (TPSA) is 72.7 Å². The molecule has 6 nitrogen and oxygen atoms in total. The first kappa shape index (κ1) is 23.2. The van der Waals surface area contributed by atoms with E-state index in [1.54, 1.807) is 23.7 Å². The Bertz CT molecular complexity index is 1180. The van der Waals surface area contributed by atoms with Crippen molar-refractivity contribution in [3.8, 4) is 17.1 Å². The van der Waals surface area contributed by atoms with Crippen molar-refractivity contribution in [3.63, 3.8) is 0 Å². The van der Waals surface area contributed by atoms with Crippen LogP contribution in [-0.2, 0) is 17.6 Å². The van der Waals surface area contributed by atoms with Gasteiger partial charge in [0.05, 0.1) is 17.5 Å². The van der Waals surface area contributed by atoms with Crippen molar-refractivity contribution in [2.24, 2.45) is 0 Å². The third-order valence-corrected chi connectivity index (χ3v) is 7.41. The fourth-order valence-corrected chi connectivity index (χ4v) is 5.25. The number of hydrogen-bond donors (Lipinski definition) is 1. The number of aryl methyl sites for hydroxylation is 2. The smallest absolute Gasteiger partial charge is 0.230 e. The second-order valence-corrected chi connectivity index (χ2v) is 9.53. The highest BCUT2D eigenvalue weighted by Crippen LogP contribution is 2.32. The highest BCUT2D eigenvalue weighted by atomic mass is 32.2. The number of para-hydroxylation sites is 1. The maximum Gasteiger partial charge on any atom is 0.230 e. The van der Waals surface area contributed by atoms with Crippen molar-refractivity contribution in [2.75, 3.05) is 5.75 Å². The Hall–Kier alpha value is -2.97. The number of carbonyl (C=O) groups is 1. The summed E-state index contributed by atoms with van der Waals surface area (Å²) in [6, 6.07) is 14.3. The van der Waals surface area contributed by atoms with E-state index in [2.05, 4.69) is 57.1 Å². The van der Waals surface area contributed by atoms with Crippen molar-refractivity contribution in [1.29, 1.82) is 0 Å². The molecule has 1 N–H and O–H groups in total. The Labute approximate surface area is 202 Å². The summed E-state index contributed by atoms with van der Waals surface area (Å²) in [4.78, 5) is 18.1. The lowest BCUT2D eigenvalue weighted by Crippen LogP contribution is -2.27. The van der Waals surface area contributed by atoms with Crippen molar-refractivity contribution in [3.05, 3.63) is 76.2 Å². The van der Waals surface area contributed by atoms with Crippen LogP contribution in [0.4, 0.5) is 0 Å². The van der Waals surface area contributed by atoms with Crippen LogP contribution in [0.3, 0.4) is 0 Å². The lowest BCUT2D eigenvalue weighted by Gasteiger charge is -2.18. The average molecular weight is 478 g/mol. The molecule has 0 saturated heterocycles. The minimum absolute atomic E-state index is 0.0190. The van der Waals surface area contributed by atoms with E-state index >= 15 is 0 Å². The minimum atomic E-state index is -0.0298. The molecule has 1 aromatic carbocycles. The molecule has 1 atom stereocenters. The standard InChI is InChI=1S/C25H27N5OS2/c1-4-18-9-6-10-19(5-2)23(18)30-24(20-11-7-13-26-15-20)28-29-25(30)33-16-22(31)27-17(3)21-12-8-14-32-21/h6-15,17H,4-5,16H2,1-3H3,(H,27,31). The molecule has 0 spiro atoms. The first-order valence-corrected chi connectivity index (χ1v) is 12.9. The number of rotatable bonds is 9. The largest absolute Gasteiger partial charge is 0.348 e. The van der Waals surface area contributed by atoms with Gasteiger partial charge in [-0.25, -0.2) is 0 Å². The lowest BCUT2D eigenvalue weighted by molar-refractivity contribution is -0.119. The Kier molecular flexibility index (Phi) is 7.57. The summed E-state index contributed by atoms with van der Waals surface area (Å²) in [5.41, 5.74) is 4.43. The molecule has 1 unspecified atom stereocenters. The van der Waals surface area contributed by atoms with Crippen molar-refractivity contribution in [2.45, 2.75) is 44.8 Å². The van der Waals surface area contributed by atoms with Crippen LogP contribution in [0.25, 0.3) is 17.1 Å². The normalized spacial score (nSPS) is 12.0. The van der Waals surface area contributed by atoms with Crippen molar-refractivity contribution >= 4 is 29.0 Å². The first-order valence-electron chi connectivity index (χ1n) is 11.0. The molecule has 4 rings (SSSR count). The second-order valence-electron chi connectivity index (χ2n) is 7.61. The molecular weight excluding hydrogens is 450 g/mol. The summed E-state index contributed by atoms with van der Waals surface area (Å²) in [5.74, 6) is 0.961. The third-order valence-electron chi connectivity index (χ3n) is 5.42. The molecular formula is C25H27N5OS2. The molecule has 0 radical (unpaired) electrons. The molecule has 0 saturated carbocycles. The van der Waals surface area contributed by atoms with E-state index in [-0.39, 0.29) is 17.7 Å². The van der Waals surface area contributed by atoms with Crippen molar-refractivity contribution < 1.29 is 4.79 Å². The third kappa shape index (κ3) is 5.17. The molecule has 0 aliphatic carbocycles. The van der Waals surface area contributed by atoms with Gasteiger partial charge in [0.2, 0.25) is 5.91 Å². The van der Waals surface area contributed by atoms with Gasteiger partial charge >= 0.3 is 0 Å². The molecule has 0 aliphatic heterocycles. The van der Waals surface area contributed by atoms with Gasteiger partial charge in [0.25, 0.3) is 0 Å². The SMILES string of the molecule is CCc1cccc(CC)c1-n1c(SCC(=O)NC(C)c2cccs2)nnc1-c1cccnc1. The van der Waals surface area contributed by atoms with Gasteiger partial charge in [0, 0.05) is 22.8 Å². The van der Waals surface area contributed by atoms with E-state index < -0.39 is 0 Å². The highest BCUT2D eigenvalue weighted by molar-refractivity contribution is 7.99. The Morgan fingerprint density at radius 1 is 1.09 bits per heavy atom. The number of pyridine rings is 1. The van der Waals surface area contributed by atoms with E-state index in [9.17, 15) is 4.79 Å². The van der Waals surface area contributed by atoms with Crippen LogP contribution in [0, 0.1) is 0 Å². The van der Waals surface area contributed by atoms with Gasteiger partial charge < -0.3 is 5.32 Å². The van der Waals surface area contributed by atoms with Crippen LogP contribution in [0.2, 0.25) is 0 Å². The molecule has 1 amide bonds. The zero-order valence-corrected chi connectivity index (χ0v) is 20.6. The van der Waals surface area contributed by atoms with Crippen LogP contribution in [-0.4, -0.2) is 31.4 Å². The monoisotopic (exact) mass is 477 g/mol. The predicted octanol–water partition coefficient (Wildman–Crippen LogP) is 5.49. The molecule has 0 bridgehead atoms. The number of aromatic nitrogens is 4. The number of nitrogens with one attached hydrogen (secondary N) is 1. The lowest BCUT2D eigenvalue weighted by atomic mass is 10.0. The average Bonchev–Trinajstić information content (AvgIpc) is 3.53. The predicted molar refractivity (Wildman–Crippen MR) is 135 cm³/mol. The quantitative estimate of drug-likeness (QED) is 0.323. The number of thiophene rings is 1. The highest BCUT2D eigenvalue weighted by Gasteiger charge is 2.21. The van der Waals surface area contributed by atoms with E-state index in [1.165, 1.54) is 22.9 Å². The van der Waals surface area contributed by atoms with Crippen LogP contribution in [0.15, 0.2) is 65.4 Å². The first-order chi connectivity index (χ1) is 16.1. The van der Waals surface area contributed by atoms with E-state index in [4.69, 9.17) is 0 Å². The maximum absolute atomic E-state index is 12.7. The van der Waals surface area contributed by atoms with E-state index in [0.717, 1.165) is 34.8 Å². The van der Waals surface area contributed by atoms with Gasteiger partial charge in [-0.1, -0.05) is 49.9 Å². The molecule has 4 aromatic rings. The summed E-state index contributed by atoms with van der Waals surface area (Å²) >= 11 is 3.05. The van der Waals surface area contributed by atoms with Gasteiger partial charge in [0.1, 0.15) is 0 Å². The summed E-state index contributed by atoms with van der Waals surface area (Å²) in [6.07, 6.45) is 5.31. The van der Waals surface area contributed by atoms with Gasteiger partial charge in [-0.05, 0) is 54.5 Å².